The number of hydrogen-bond acceptors (Lipinski definition) is 3. The van der Waals surface area contributed by atoms with Gasteiger partial charge in [0.25, 0.3) is 0 Å². The number of fused-ring (bicyclic) bond motifs is 1. The third-order valence-corrected chi connectivity index (χ3v) is 4.27. The Morgan fingerprint density at radius 2 is 2.10 bits per heavy atom. The van der Waals surface area contributed by atoms with Gasteiger partial charge in [-0.15, -0.1) is 0 Å². The summed E-state index contributed by atoms with van der Waals surface area (Å²) < 4.78 is 4.72. The molecule has 0 radical (unpaired) electrons. The lowest BCUT2D eigenvalue weighted by molar-refractivity contribution is 0.746. The number of pyridine rings is 1. The van der Waals surface area contributed by atoms with E-state index in [1.165, 1.54) is 0 Å². The second-order valence-electron chi connectivity index (χ2n) is 4.89. The summed E-state index contributed by atoms with van der Waals surface area (Å²) in [5, 5.41) is 4.45. The molecule has 6 heteroatoms. The molecule has 0 bridgehead atoms. The molecule has 0 aliphatic carbocycles. The summed E-state index contributed by atoms with van der Waals surface area (Å²) in [6.07, 6.45) is 4.78. The molecule has 0 unspecified atom stereocenters. The minimum atomic E-state index is 0.642. The van der Waals surface area contributed by atoms with Crippen LogP contribution in [0.3, 0.4) is 0 Å². The van der Waals surface area contributed by atoms with E-state index in [4.69, 9.17) is 5.73 Å². The number of anilines is 1. The Morgan fingerprint density at radius 1 is 1.35 bits per heavy atom. The van der Waals surface area contributed by atoms with Gasteiger partial charge in [0.2, 0.25) is 0 Å². The van der Waals surface area contributed by atoms with E-state index < -0.39 is 0 Å². The van der Waals surface area contributed by atoms with E-state index in [0.717, 1.165) is 39.1 Å². The zero-order valence-corrected chi connectivity index (χ0v) is 13.3. The van der Waals surface area contributed by atoms with Crippen LogP contribution in [-0.4, -0.2) is 19.2 Å². The number of rotatable bonds is 2. The highest BCUT2D eigenvalue weighted by Crippen LogP contribution is 2.30. The van der Waals surface area contributed by atoms with Gasteiger partial charge < -0.3 is 5.73 Å². The van der Waals surface area contributed by atoms with Gasteiger partial charge in [-0.25, -0.2) is 4.98 Å². The first-order valence-corrected chi connectivity index (χ1v) is 7.27. The second-order valence-corrected chi connectivity index (χ2v) is 5.75. The van der Waals surface area contributed by atoms with Crippen LogP contribution in [0.4, 0.5) is 5.82 Å². The van der Waals surface area contributed by atoms with Crippen molar-refractivity contribution >= 4 is 27.4 Å². The summed E-state index contributed by atoms with van der Waals surface area (Å²) in [6.45, 7) is 4.12. The third kappa shape index (κ3) is 1.91. The van der Waals surface area contributed by atoms with Crippen molar-refractivity contribution in [1.82, 2.24) is 19.2 Å². The zero-order chi connectivity index (χ0) is 14.4. The van der Waals surface area contributed by atoms with Gasteiger partial charge in [0.1, 0.15) is 17.2 Å². The maximum atomic E-state index is 6.27. The molecule has 0 spiro atoms. The number of nitrogens with two attached hydrogens (primary N) is 1. The van der Waals surface area contributed by atoms with E-state index in [1.807, 2.05) is 36.8 Å². The van der Waals surface area contributed by atoms with Crippen LogP contribution in [0.5, 0.6) is 0 Å². The molecule has 0 saturated carbocycles. The Kier molecular flexibility index (Phi) is 3.05. The molecule has 3 aromatic rings. The molecule has 0 aliphatic rings. The van der Waals surface area contributed by atoms with Crippen LogP contribution >= 0.6 is 15.9 Å². The quantitative estimate of drug-likeness (QED) is 0.784. The molecule has 3 heterocycles. The van der Waals surface area contributed by atoms with Crippen molar-refractivity contribution in [2.75, 3.05) is 5.73 Å². The monoisotopic (exact) mass is 333 g/mol. The summed E-state index contributed by atoms with van der Waals surface area (Å²) in [5.74, 6) is 0.642. The van der Waals surface area contributed by atoms with Crippen LogP contribution in [0.15, 0.2) is 22.9 Å². The summed E-state index contributed by atoms with van der Waals surface area (Å²) in [5.41, 5.74) is 11.1. The van der Waals surface area contributed by atoms with Gasteiger partial charge in [0.05, 0.1) is 5.69 Å². The average Bonchev–Trinajstić information content (AvgIpc) is 2.92. The Morgan fingerprint density at radius 3 is 2.80 bits per heavy atom. The number of hydrogen-bond donors (Lipinski definition) is 1. The van der Waals surface area contributed by atoms with E-state index in [9.17, 15) is 0 Å². The molecule has 0 aromatic carbocycles. The number of nitrogens with zero attached hydrogens (tertiary/aromatic N) is 4. The molecule has 0 atom stereocenters. The molecule has 20 heavy (non-hydrogen) atoms. The first-order chi connectivity index (χ1) is 9.51. The number of imidazole rings is 1. The van der Waals surface area contributed by atoms with Gasteiger partial charge in [0.15, 0.2) is 0 Å². The number of nitrogen functional groups attached to an aromatic ring is 1. The van der Waals surface area contributed by atoms with Crippen LogP contribution in [0, 0.1) is 6.92 Å². The second kappa shape index (κ2) is 4.63. The van der Waals surface area contributed by atoms with Gasteiger partial charge in [-0.1, -0.05) is 6.92 Å². The van der Waals surface area contributed by atoms with Crippen molar-refractivity contribution < 1.29 is 0 Å². The zero-order valence-electron chi connectivity index (χ0n) is 11.7. The van der Waals surface area contributed by atoms with Crippen molar-refractivity contribution in [2.24, 2.45) is 7.05 Å². The first-order valence-electron chi connectivity index (χ1n) is 6.47. The van der Waals surface area contributed by atoms with Gasteiger partial charge in [-0.2, -0.15) is 5.10 Å². The Bertz CT molecular complexity index is 800. The van der Waals surface area contributed by atoms with Crippen LogP contribution in [0.2, 0.25) is 0 Å². The van der Waals surface area contributed by atoms with Crippen molar-refractivity contribution in [1.29, 1.82) is 0 Å². The molecule has 5 nitrogen and oxygen atoms in total. The van der Waals surface area contributed by atoms with E-state index in [-0.39, 0.29) is 0 Å². The largest absolute Gasteiger partial charge is 0.383 e. The lowest BCUT2D eigenvalue weighted by Crippen LogP contribution is -1.95. The van der Waals surface area contributed by atoms with E-state index in [0.29, 0.717) is 5.82 Å². The molecular formula is C14H16BrN5. The molecule has 3 rings (SSSR count). The summed E-state index contributed by atoms with van der Waals surface area (Å²) in [7, 11) is 1.91. The fraction of sp³-hybridized carbons (Fsp3) is 0.286. The predicted molar refractivity (Wildman–Crippen MR) is 83.6 cm³/mol. The minimum absolute atomic E-state index is 0.642. The minimum Gasteiger partial charge on any atom is -0.383 e. The van der Waals surface area contributed by atoms with E-state index in [1.54, 1.807) is 4.68 Å². The molecule has 0 amide bonds. The number of aryl methyl sites for hydroxylation is 3. The molecule has 0 fully saturated rings. The summed E-state index contributed by atoms with van der Waals surface area (Å²) >= 11 is 3.53. The molecule has 0 saturated heterocycles. The molecule has 104 valence electrons. The summed E-state index contributed by atoms with van der Waals surface area (Å²) in [4.78, 5) is 4.67. The Balaban J connectivity index is 2.29. The predicted octanol–water partition coefficient (Wildman–Crippen LogP) is 2.95. The van der Waals surface area contributed by atoms with Crippen molar-refractivity contribution in [3.63, 3.8) is 0 Å². The molecule has 0 aliphatic heterocycles. The highest BCUT2D eigenvalue weighted by atomic mass is 79.9. The van der Waals surface area contributed by atoms with Crippen LogP contribution < -0.4 is 5.73 Å². The van der Waals surface area contributed by atoms with Gasteiger partial charge in [0, 0.05) is 29.5 Å². The Hall–Kier alpha value is -1.82. The van der Waals surface area contributed by atoms with Crippen LogP contribution in [0.1, 0.15) is 18.2 Å². The maximum absolute atomic E-state index is 6.27. The topological polar surface area (TPSA) is 61.1 Å². The fourth-order valence-electron chi connectivity index (χ4n) is 2.37. The van der Waals surface area contributed by atoms with E-state index in [2.05, 4.69) is 32.9 Å². The third-order valence-electron chi connectivity index (χ3n) is 3.44. The van der Waals surface area contributed by atoms with Gasteiger partial charge >= 0.3 is 0 Å². The lowest BCUT2D eigenvalue weighted by Gasteiger charge is -2.01. The molecular weight excluding hydrogens is 318 g/mol. The van der Waals surface area contributed by atoms with Crippen LogP contribution in [-0.2, 0) is 13.5 Å². The lowest BCUT2D eigenvalue weighted by atomic mass is 10.1. The van der Waals surface area contributed by atoms with Gasteiger partial charge in [-0.3, -0.25) is 9.08 Å². The van der Waals surface area contributed by atoms with Crippen molar-refractivity contribution in [2.45, 2.75) is 20.3 Å². The highest BCUT2D eigenvalue weighted by Gasteiger charge is 2.17. The molecule has 2 N–H and O–H groups in total. The SMILES string of the molecule is CCc1nn(C)cc1-c1nc2cc(C)c(Br)cn2c1N. The number of aromatic nitrogens is 4. The first kappa shape index (κ1) is 13.2. The van der Waals surface area contributed by atoms with E-state index >= 15 is 0 Å². The summed E-state index contributed by atoms with van der Waals surface area (Å²) in [6, 6.07) is 2.02. The maximum Gasteiger partial charge on any atom is 0.139 e. The molecule has 3 aromatic heterocycles. The highest BCUT2D eigenvalue weighted by molar-refractivity contribution is 9.10. The smallest absolute Gasteiger partial charge is 0.139 e. The van der Waals surface area contributed by atoms with Crippen molar-refractivity contribution in [3.05, 3.63) is 34.2 Å². The normalized spacial score (nSPS) is 11.4. The Labute approximate surface area is 125 Å². The number of halogens is 1. The van der Waals surface area contributed by atoms with Crippen molar-refractivity contribution in [3.8, 4) is 11.3 Å². The van der Waals surface area contributed by atoms with Gasteiger partial charge in [-0.05, 0) is 40.9 Å². The van der Waals surface area contributed by atoms with Crippen LogP contribution in [0.25, 0.3) is 16.9 Å². The standard InChI is InChI=1S/C14H16BrN5/c1-4-11-9(6-19(3)18-11)13-14(16)20-7-10(15)8(2)5-12(20)17-13/h5-7H,4,16H2,1-3H3. The fourth-order valence-corrected chi connectivity index (χ4v) is 2.69. The average molecular weight is 334 g/mol.